The monoisotopic (exact) mass is 478 g/mol. The average molecular weight is 479 g/mol. The van der Waals surface area contributed by atoms with Crippen molar-refractivity contribution in [2.24, 2.45) is 0 Å². The van der Waals surface area contributed by atoms with Crippen LogP contribution in [0.2, 0.25) is 5.02 Å². The summed E-state index contributed by atoms with van der Waals surface area (Å²) in [6, 6.07) is 3.22. The number of nitro groups is 1. The van der Waals surface area contributed by atoms with Gasteiger partial charge >= 0.3 is 17.1 Å². The molecule has 166 valence electrons. The Balaban J connectivity index is 1.51. The molecule has 2 aromatic rings. The quantitative estimate of drug-likeness (QED) is 0.369. The fourth-order valence-corrected chi connectivity index (χ4v) is 3.81. The minimum Gasteiger partial charge on any atom is -0.451 e. The zero-order valence-electron chi connectivity index (χ0n) is 15.6. The first-order valence-corrected chi connectivity index (χ1v) is 9.92. The largest absolute Gasteiger partial charge is 0.451 e. The van der Waals surface area contributed by atoms with Gasteiger partial charge in [0.1, 0.15) is 10.7 Å². The number of amides is 1. The van der Waals surface area contributed by atoms with Crippen LogP contribution in [0.4, 0.5) is 24.0 Å². The summed E-state index contributed by atoms with van der Waals surface area (Å²) in [6.07, 6.45) is -3.85. The molecule has 0 N–H and O–H groups in total. The summed E-state index contributed by atoms with van der Waals surface area (Å²) in [5.74, 6) is -1.12. The van der Waals surface area contributed by atoms with Crippen molar-refractivity contribution in [2.45, 2.75) is 6.18 Å². The van der Waals surface area contributed by atoms with Gasteiger partial charge in [0.2, 0.25) is 0 Å². The van der Waals surface area contributed by atoms with Gasteiger partial charge in [0.15, 0.2) is 6.61 Å². The third-order valence-electron chi connectivity index (χ3n) is 4.38. The summed E-state index contributed by atoms with van der Waals surface area (Å²) in [6.45, 7) is 0.452. The molecule has 3 heterocycles. The minimum absolute atomic E-state index is 0.00680. The lowest BCUT2D eigenvalue weighted by molar-refractivity contribution is -0.380. The van der Waals surface area contributed by atoms with Gasteiger partial charge in [0.05, 0.1) is 15.5 Å². The van der Waals surface area contributed by atoms with Gasteiger partial charge < -0.3 is 14.5 Å². The molecule has 14 heteroatoms. The molecular formula is C17H14ClF3N4O5S. The lowest BCUT2D eigenvalue weighted by Crippen LogP contribution is -2.50. The zero-order valence-corrected chi connectivity index (χ0v) is 17.2. The summed E-state index contributed by atoms with van der Waals surface area (Å²) < 4.78 is 43.1. The SMILES string of the molecule is O=C(OCC(=O)N1CCN(c2ncc(C(F)(F)F)cc2Cl)CC1)c1ccc([N+](=O)[O-])s1. The predicted molar refractivity (Wildman–Crippen MR) is 104 cm³/mol. The van der Waals surface area contributed by atoms with Gasteiger partial charge in [0.25, 0.3) is 5.91 Å². The Labute approximate surface area is 182 Å². The van der Waals surface area contributed by atoms with E-state index >= 15 is 0 Å². The van der Waals surface area contributed by atoms with Crippen LogP contribution in [0.15, 0.2) is 24.4 Å². The van der Waals surface area contributed by atoms with E-state index in [4.69, 9.17) is 16.3 Å². The number of hydrogen-bond acceptors (Lipinski definition) is 8. The summed E-state index contributed by atoms with van der Waals surface area (Å²) in [5, 5.41) is 10.3. The van der Waals surface area contributed by atoms with Crippen molar-refractivity contribution in [1.29, 1.82) is 0 Å². The Morgan fingerprint density at radius 3 is 2.48 bits per heavy atom. The van der Waals surface area contributed by atoms with Crippen LogP contribution in [0.3, 0.4) is 0 Å². The van der Waals surface area contributed by atoms with Gasteiger partial charge in [-0.25, -0.2) is 9.78 Å². The van der Waals surface area contributed by atoms with Gasteiger partial charge in [-0.05, 0) is 12.1 Å². The zero-order chi connectivity index (χ0) is 22.8. The Hall–Kier alpha value is -2.93. The molecule has 0 aromatic carbocycles. The van der Waals surface area contributed by atoms with Crippen molar-refractivity contribution in [3.8, 4) is 0 Å². The van der Waals surface area contributed by atoms with E-state index in [1.54, 1.807) is 4.90 Å². The lowest BCUT2D eigenvalue weighted by atomic mass is 10.2. The lowest BCUT2D eigenvalue weighted by Gasteiger charge is -2.35. The molecule has 0 spiro atoms. The first-order valence-electron chi connectivity index (χ1n) is 8.73. The molecule has 1 saturated heterocycles. The number of nitrogens with zero attached hydrogens (tertiary/aromatic N) is 4. The number of aromatic nitrogens is 1. The van der Waals surface area contributed by atoms with Gasteiger partial charge in [-0.15, -0.1) is 0 Å². The molecule has 31 heavy (non-hydrogen) atoms. The van der Waals surface area contributed by atoms with E-state index in [9.17, 15) is 32.9 Å². The molecule has 0 radical (unpaired) electrons. The summed E-state index contributed by atoms with van der Waals surface area (Å²) >= 11 is 6.59. The van der Waals surface area contributed by atoms with E-state index in [1.165, 1.54) is 17.0 Å². The number of thiophene rings is 1. The number of hydrogen-bond donors (Lipinski definition) is 0. The van der Waals surface area contributed by atoms with Crippen LogP contribution in [0.1, 0.15) is 15.2 Å². The molecule has 0 bridgehead atoms. The van der Waals surface area contributed by atoms with Gasteiger partial charge in [-0.2, -0.15) is 13.2 Å². The van der Waals surface area contributed by atoms with Crippen molar-refractivity contribution in [3.63, 3.8) is 0 Å². The standard InChI is InChI=1S/C17H14ClF3N4O5S/c18-11-7-10(17(19,20)21)8-22-15(11)24-5-3-23(4-6-24)13(26)9-30-16(27)12-1-2-14(31-12)25(28)29/h1-2,7-8H,3-6,9H2. The van der Waals surface area contributed by atoms with E-state index in [2.05, 4.69) is 4.98 Å². The topological polar surface area (TPSA) is 106 Å². The van der Waals surface area contributed by atoms with Gasteiger partial charge in [-0.3, -0.25) is 14.9 Å². The van der Waals surface area contributed by atoms with Crippen molar-refractivity contribution in [2.75, 3.05) is 37.7 Å². The number of pyridine rings is 1. The average Bonchev–Trinajstić information content (AvgIpc) is 3.22. The van der Waals surface area contributed by atoms with Crippen LogP contribution < -0.4 is 4.90 Å². The number of piperazine rings is 1. The number of anilines is 1. The second kappa shape index (κ2) is 9.06. The van der Waals surface area contributed by atoms with Crippen LogP contribution in [0.25, 0.3) is 0 Å². The number of alkyl halides is 3. The molecule has 9 nitrogen and oxygen atoms in total. The molecular weight excluding hydrogens is 465 g/mol. The number of esters is 1. The van der Waals surface area contributed by atoms with Crippen LogP contribution in [0.5, 0.6) is 0 Å². The molecule has 1 amide bonds. The van der Waals surface area contributed by atoms with Gasteiger partial charge in [-0.1, -0.05) is 22.9 Å². The summed E-state index contributed by atoms with van der Waals surface area (Å²) in [5.41, 5.74) is -0.951. The fraction of sp³-hybridized carbons (Fsp3) is 0.353. The number of carbonyl (C=O) groups is 2. The molecule has 0 unspecified atom stereocenters. The van der Waals surface area contributed by atoms with Crippen molar-refractivity contribution in [1.82, 2.24) is 9.88 Å². The Morgan fingerprint density at radius 1 is 1.26 bits per heavy atom. The van der Waals surface area contributed by atoms with Crippen LogP contribution in [-0.2, 0) is 15.7 Å². The second-order valence-electron chi connectivity index (χ2n) is 6.37. The van der Waals surface area contributed by atoms with Crippen LogP contribution in [-0.4, -0.2) is 59.5 Å². The van der Waals surface area contributed by atoms with Crippen molar-refractivity contribution >= 4 is 45.6 Å². The minimum atomic E-state index is -4.55. The highest BCUT2D eigenvalue weighted by molar-refractivity contribution is 7.17. The van der Waals surface area contributed by atoms with E-state index in [0.717, 1.165) is 6.07 Å². The molecule has 0 atom stereocenters. The van der Waals surface area contributed by atoms with Gasteiger partial charge in [0, 0.05) is 38.4 Å². The van der Waals surface area contributed by atoms with E-state index in [0.29, 0.717) is 17.5 Å². The second-order valence-corrected chi connectivity index (χ2v) is 7.84. The number of halogens is 4. The smallest absolute Gasteiger partial charge is 0.417 e. The maximum atomic E-state index is 12.7. The number of rotatable bonds is 5. The van der Waals surface area contributed by atoms with Crippen molar-refractivity contribution in [3.05, 3.63) is 50.0 Å². The first-order chi connectivity index (χ1) is 14.6. The number of carbonyl (C=O) groups excluding carboxylic acids is 2. The molecule has 1 aliphatic rings. The third-order valence-corrected chi connectivity index (χ3v) is 5.68. The highest BCUT2D eigenvalue weighted by Crippen LogP contribution is 2.33. The molecule has 3 rings (SSSR count). The maximum absolute atomic E-state index is 12.7. The van der Waals surface area contributed by atoms with Crippen molar-refractivity contribution < 1.29 is 32.4 Å². The first kappa shape index (κ1) is 22.7. The van der Waals surface area contributed by atoms with Crippen LogP contribution in [0, 0.1) is 10.1 Å². The Morgan fingerprint density at radius 2 is 1.94 bits per heavy atom. The van der Waals surface area contributed by atoms with E-state index in [1.807, 2.05) is 0 Å². The highest BCUT2D eigenvalue weighted by atomic mass is 35.5. The van der Waals surface area contributed by atoms with E-state index < -0.39 is 35.1 Å². The summed E-state index contributed by atoms with van der Waals surface area (Å²) in [7, 11) is 0. The Kier molecular flexibility index (Phi) is 6.65. The van der Waals surface area contributed by atoms with Crippen LogP contribution >= 0.6 is 22.9 Å². The molecule has 1 fully saturated rings. The molecule has 0 saturated carbocycles. The van der Waals surface area contributed by atoms with E-state index in [-0.39, 0.29) is 46.9 Å². The fourth-order valence-electron chi connectivity index (χ4n) is 2.81. The highest BCUT2D eigenvalue weighted by Gasteiger charge is 2.32. The molecule has 2 aromatic heterocycles. The summed E-state index contributed by atoms with van der Waals surface area (Å²) in [4.78, 5) is 41.1. The Bertz CT molecular complexity index is 1010. The number of ether oxygens (including phenoxy) is 1. The normalized spacial score (nSPS) is 14.5. The molecule has 0 aliphatic carbocycles. The predicted octanol–water partition coefficient (Wildman–Crippen LogP) is 3.23. The maximum Gasteiger partial charge on any atom is 0.417 e. The molecule has 1 aliphatic heterocycles. The third kappa shape index (κ3) is 5.41.